The highest BCUT2D eigenvalue weighted by atomic mass is 16.5. The summed E-state index contributed by atoms with van der Waals surface area (Å²) in [6, 6.07) is 16.4. The van der Waals surface area contributed by atoms with Crippen molar-refractivity contribution in [3.8, 4) is 5.75 Å². The van der Waals surface area contributed by atoms with Crippen LogP contribution >= 0.6 is 0 Å². The van der Waals surface area contributed by atoms with E-state index in [0.717, 1.165) is 50.5 Å². The molecule has 0 unspecified atom stereocenters. The van der Waals surface area contributed by atoms with Crippen molar-refractivity contribution in [3.05, 3.63) is 65.2 Å². The summed E-state index contributed by atoms with van der Waals surface area (Å²) in [6.07, 6.45) is 1.48. The van der Waals surface area contributed by atoms with Gasteiger partial charge in [0, 0.05) is 32.7 Å². The molecule has 0 aliphatic carbocycles. The van der Waals surface area contributed by atoms with Crippen LogP contribution in [0.25, 0.3) is 0 Å². The Morgan fingerprint density at radius 3 is 2.54 bits per heavy atom. The predicted molar refractivity (Wildman–Crippen MR) is 105 cm³/mol. The van der Waals surface area contributed by atoms with E-state index in [2.05, 4.69) is 36.1 Å². The molecular weight excluding hydrogens is 324 g/mol. The van der Waals surface area contributed by atoms with Crippen molar-refractivity contribution in [2.24, 2.45) is 0 Å². The van der Waals surface area contributed by atoms with Gasteiger partial charge in [-0.15, -0.1) is 0 Å². The molecule has 2 aromatic rings. The Kier molecular flexibility index (Phi) is 6.29. The van der Waals surface area contributed by atoms with Crippen LogP contribution in [0.5, 0.6) is 5.75 Å². The molecule has 0 N–H and O–H groups in total. The summed E-state index contributed by atoms with van der Waals surface area (Å²) in [5.41, 5.74) is 3.55. The summed E-state index contributed by atoms with van der Waals surface area (Å²) < 4.78 is 5.43. The summed E-state index contributed by atoms with van der Waals surface area (Å²) in [4.78, 5) is 17.0. The number of carbonyl (C=O) groups excluding carboxylic acids is 1. The van der Waals surface area contributed by atoms with Crippen molar-refractivity contribution in [1.29, 1.82) is 0 Å². The van der Waals surface area contributed by atoms with E-state index >= 15 is 0 Å². The van der Waals surface area contributed by atoms with Gasteiger partial charge in [-0.3, -0.25) is 9.69 Å². The Morgan fingerprint density at radius 2 is 1.81 bits per heavy atom. The molecule has 0 spiro atoms. The summed E-state index contributed by atoms with van der Waals surface area (Å²) in [6.45, 7) is 6.57. The van der Waals surface area contributed by atoms with Gasteiger partial charge >= 0.3 is 0 Å². The lowest BCUT2D eigenvalue weighted by Gasteiger charge is -2.35. The molecule has 3 rings (SSSR count). The molecule has 0 bridgehead atoms. The first-order valence-electron chi connectivity index (χ1n) is 9.33. The minimum absolute atomic E-state index is 0.236. The zero-order chi connectivity index (χ0) is 18.4. The fraction of sp³-hybridized carbons (Fsp3) is 0.409. The number of benzene rings is 2. The predicted octanol–water partition coefficient (Wildman–Crippen LogP) is 2.93. The molecule has 1 aliphatic rings. The molecule has 0 atom stereocenters. The number of hydrogen-bond acceptors (Lipinski definition) is 3. The third kappa shape index (κ3) is 4.85. The molecule has 1 heterocycles. The lowest BCUT2D eigenvalue weighted by atomic mass is 10.1. The average Bonchev–Trinajstić information content (AvgIpc) is 2.67. The third-order valence-corrected chi connectivity index (χ3v) is 5.05. The van der Waals surface area contributed by atoms with Gasteiger partial charge in [-0.2, -0.15) is 0 Å². The van der Waals surface area contributed by atoms with Gasteiger partial charge < -0.3 is 9.64 Å². The second-order valence-corrected chi connectivity index (χ2v) is 6.95. The van der Waals surface area contributed by atoms with E-state index in [-0.39, 0.29) is 5.91 Å². The van der Waals surface area contributed by atoms with E-state index in [0.29, 0.717) is 6.42 Å². The number of hydrogen-bond donors (Lipinski definition) is 0. The quantitative estimate of drug-likeness (QED) is 0.801. The lowest BCUT2D eigenvalue weighted by Crippen LogP contribution is -2.49. The Bertz CT molecular complexity index is 736. The minimum Gasteiger partial charge on any atom is -0.496 e. The third-order valence-electron chi connectivity index (χ3n) is 5.05. The molecule has 1 saturated heterocycles. The number of rotatable bonds is 6. The van der Waals surface area contributed by atoms with Crippen LogP contribution in [0.2, 0.25) is 0 Å². The van der Waals surface area contributed by atoms with Crippen molar-refractivity contribution in [2.45, 2.75) is 19.8 Å². The number of methoxy groups -OCH3 is 1. The molecule has 0 radical (unpaired) electrons. The van der Waals surface area contributed by atoms with Gasteiger partial charge in [0.05, 0.1) is 13.5 Å². The van der Waals surface area contributed by atoms with Crippen LogP contribution in [0, 0.1) is 6.92 Å². The number of piperazine rings is 1. The van der Waals surface area contributed by atoms with Gasteiger partial charge in [0.2, 0.25) is 5.91 Å². The maximum absolute atomic E-state index is 12.5. The number of carbonyl (C=O) groups is 1. The maximum Gasteiger partial charge on any atom is 0.227 e. The number of amides is 1. The Hall–Kier alpha value is -2.33. The van der Waals surface area contributed by atoms with Gasteiger partial charge in [-0.25, -0.2) is 0 Å². The van der Waals surface area contributed by atoms with Crippen molar-refractivity contribution >= 4 is 5.91 Å². The number of para-hydroxylation sites is 1. The average molecular weight is 352 g/mol. The Balaban J connectivity index is 1.46. The molecule has 0 aromatic heterocycles. The smallest absolute Gasteiger partial charge is 0.227 e. The first kappa shape index (κ1) is 18.5. The minimum atomic E-state index is 0.236. The second-order valence-electron chi connectivity index (χ2n) is 6.95. The molecule has 4 heteroatoms. The van der Waals surface area contributed by atoms with Crippen molar-refractivity contribution in [3.63, 3.8) is 0 Å². The van der Waals surface area contributed by atoms with E-state index < -0.39 is 0 Å². The van der Waals surface area contributed by atoms with Crippen molar-refractivity contribution < 1.29 is 9.53 Å². The van der Waals surface area contributed by atoms with Crippen LogP contribution in [0.4, 0.5) is 0 Å². The number of aryl methyl sites for hydroxylation is 1. The van der Waals surface area contributed by atoms with Crippen LogP contribution in [0.3, 0.4) is 0 Å². The van der Waals surface area contributed by atoms with Gasteiger partial charge in [-0.05, 0) is 30.5 Å². The second kappa shape index (κ2) is 8.86. The zero-order valence-corrected chi connectivity index (χ0v) is 15.8. The van der Waals surface area contributed by atoms with Gasteiger partial charge in [0.1, 0.15) is 5.75 Å². The van der Waals surface area contributed by atoms with E-state index in [1.54, 1.807) is 7.11 Å². The summed E-state index contributed by atoms with van der Waals surface area (Å²) in [5.74, 6) is 1.19. The highest BCUT2D eigenvalue weighted by Gasteiger charge is 2.21. The van der Waals surface area contributed by atoms with Crippen LogP contribution in [0.15, 0.2) is 48.5 Å². The highest BCUT2D eigenvalue weighted by molar-refractivity contribution is 5.79. The SMILES string of the molecule is COc1ccccc1CCN1CCN(C(=O)Cc2cccc(C)c2)CC1. The van der Waals surface area contributed by atoms with E-state index in [4.69, 9.17) is 4.74 Å². The number of nitrogens with zero attached hydrogens (tertiary/aromatic N) is 2. The molecule has 4 nitrogen and oxygen atoms in total. The van der Waals surface area contributed by atoms with Crippen LogP contribution in [0.1, 0.15) is 16.7 Å². The molecule has 138 valence electrons. The number of ether oxygens (including phenoxy) is 1. The molecule has 1 fully saturated rings. The molecule has 0 saturated carbocycles. The Labute approximate surface area is 156 Å². The first-order valence-corrected chi connectivity index (χ1v) is 9.33. The molecular formula is C22H28N2O2. The van der Waals surface area contributed by atoms with Crippen molar-refractivity contribution in [2.75, 3.05) is 39.8 Å². The topological polar surface area (TPSA) is 32.8 Å². The monoisotopic (exact) mass is 352 g/mol. The van der Waals surface area contributed by atoms with Crippen LogP contribution in [-0.4, -0.2) is 55.5 Å². The zero-order valence-electron chi connectivity index (χ0n) is 15.8. The van der Waals surface area contributed by atoms with Crippen LogP contribution < -0.4 is 4.74 Å². The van der Waals surface area contributed by atoms with Gasteiger partial charge in [-0.1, -0.05) is 48.0 Å². The van der Waals surface area contributed by atoms with E-state index in [1.165, 1.54) is 11.1 Å². The normalized spacial score (nSPS) is 15.1. The molecule has 26 heavy (non-hydrogen) atoms. The molecule has 2 aromatic carbocycles. The Morgan fingerprint density at radius 1 is 1.04 bits per heavy atom. The maximum atomic E-state index is 12.5. The van der Waals surface area contributed by atoms with Crippen molar-refractivity contribution in [1.82, 2.24) is 9.80 Å². The van der Waals surface area contributed by atoms with Gasteiger partial charge in [0.25, 0.3) is 0 Å². The summed E-state index contributed by atoms with van der Waals surface area (Å²) >= 11 is 0. The first-order chi connectivity index (χ1) is 12.7. The lowest BCUT2D eigenvalue weighted by molar-refractivity contribution is -0.132. The fourth-order valence-corrected chi connectivity index (χ4v) is 3.52. The van der Waals surface area contributed by atoms with E-state index in [9.17, 15) is 4.79 Å². The largest absolute Gasteiger partial charge is 0.496 e. The van der Waals surface area contributed by atoms with Crippen LogP contribution in [-0.2, 0) is 17.6 Å². The molecule has 1 amide bonds. The van der Waals surface area contributed by atoms with Gasteiger partial charge in [0.15, 0.2) is 0 Å². The standard InChI is InChI=1S/C22H28N2O2/c1-18-6-5-7-19(16-18)17-22(25)24-14-12-23(13-15-24)11-10-20-8-3-4-9-21(20)26-2/h3-9,16H,10-15,17H2,1-2H3. The highest BCUT2D eigenvalue weighted by Crippen LogP contribution is 2.18. The summed E-state index contributed by atoms with van der Waals surface area (Å²) in [5, 5.41) is 0. The molecule has 1 aliphatic heterocycles. The summed E-state index contributed by atoms with van der Waals surface area (Å²) in [7, 11) is 1.72. The fourth-order valence-electron chi connectivity index (χ4n) is 3.52. The van der Waals surface area contributed by atoms with E-state index in [1.807, 2.05) is 29.2 Å².